The number of nitrogens with zero attached hydrogens (tertiary/aromatic N) is 2. The predicted octanol–water partition coefficient (Wildman–Crippen LogP) is 0.827. The van der Waals surface area contributed by atoms with Gasteiger partial charge in [0.15, 0.2) is 5.13 Å². The van der Waals surface area contributed by atoms with E-state index in [-0.39, 0.29) is 0 Å². The Hall–Kier alpha value is -0.650. The molecule has 0 spiro atoms. The number of likely N-dealkylation sites (N-methyl/N-ethyl adjacent to an activating group) is 1. The van der Waals surface area contributed by atoms with Gasteiger partial charge in [-0.15, -0.1) is 11.3 Å². The van der Waals surface area contributed by atoms with Gasteiger partial charge in [-0.3, -0.25) is 0 Å². The molecule has 78 valence electrons. The molecule has 1 unspecified atom stereocenters. The molecule has 2 rings (SSSR count). The Kier molecular flexibility index (Phi) is 3.00. The maximum atomic E-state index is 5.52. The van der Waals surface area contributed by atoms with Crippen molar-refractivity contribution in [2.24, 2.45) is 5.73 Å². The number of ether oxygens (including phenoxy) is 1. The molecule has 0 aromatic carbocycles. The summed E-state index contributed by atoms with van der Waals surface area (Å²) in [5.74, 6) is 0. The van der Waals surface area contributed by atoms with Crippen LogP contribution in [0.4, 0.5) is 5.13 Å². The zero-order valence-corrected chi connectivity index (χ0v) is 9.09. The number of hydrogen-bond donors (Lipinski definition) is 1. The average molecular weight is 213 g/mol. The molecule has 0 saturated carbocycles. The predicted molar refractivity (Wildman–Crippen MR) is 57.6 cm³/mol. The van der Waals surface area contributed by atoms with Crippen molar-refractivity contribution in [3.63, 3.8) is 0 Å². The topological polar surface area (TPSA) is 51.4 Å². The van der Waals surface area contributed by atoms with Gasteiger partial charge in [0, 0.05) is 25.6 Å². The molecule has 1 saturated heterocycles. The summed E-state index contributed by atoms with van der Waals surface area (Å²) in [6.45, 7) is 2.20. The van der Waals surface area contributed by atoms with Crippen LogP contribution in [0.1, 0.15) is 12.1 Å². The fraction of sp³-hybridized carbons (Fsp3) is 0.667. The van der Waals surface area contributed by atoms with Crippen LogP contribution in [0.5, 0.6) is 0 Å². The van der Waals surface area contributed by atoms with E-state index in [4.69, 9.17) is 10.5 Å². The molecule has 1 aliphatic rings. The third-order valence-corrected chi connectivity index (χ3v) is 3.48. The van der Waals surface area contributed by atoms with Crippen LogP contribution >= 0.6 is 11.3 Å². The van der Waals surface area contributed by atoms with Crippen molar-refractivity contribution in [3.05, 3.63) is 11.1 Å². The van der Waals surface area contributed by atoms with Crippen molar-refractivity contribution in [2.75, 3.05) is 25.2 Å². The van der Waals surface area contributed by atoms with E-state index in [1.165, 1.54) is 0 Å². The summed E-state index contributed by atoms with van der Waals surface area (Å²) in [7, 11) is 2.07. The number of nitrogens with two attached hydrogens (primary N) is 1. The van der Waals surface area contributed by atoms with Crippen LogP contribution in [0.15, 0.2) is 5.38 Å². The fourth-order valence-electron chi connectivity index (χ4n) is 1.54. The summed E-state index contributed by atoms with van der Waals surface area (Å²) in [6.07, 6.45) is 1.09. The Morgan fingerprint density at radius 2 is 2.64 bits per heavy atom. The molecule has 5 heteroatoms. The van der Waals surface area contributed by atoms with Gasteiger partial charge in [0.05, 0.1) is 18.3 Å². The van der Waals surface area contributed by atoms with E-state index >= 15 is 0 Å². The van der Waals surface area contributed by atoms with Crippen molar-refractivity contribution in [3.8, 4) is 0 Å². The summed E-state index contributed by atoms with van der Waals surface area (Å²) < 4.78 is 5.34. The SMILES string of the molecule is CN(c1nc(CN)cs1)C1CCOC1. The Bertz CT molecular complexity index is 296. The summed E-state index contributed by atoms with van der Waals surface area (Å²) in [6, 6.07) is 0.478. The van der Waals surface area contributed by atoms with E-state index in [0.717, 1.165) is 30.5 Å². The molecular weight excluding hydrogens is 198 g/mol. The second-order valence-electron chi connectivity index (χ2n) is 3.45. The van der Waals surface area contributed by atoms with Crippen molar-refractivity contribution < 1.29 is 4.74 Å². The molecule has 2 heterocycles. The molecule has 0 amide bonds. The first-order valence-electron chi connectivity index (χ1n) is 4.76. The van der Waals surface area contributed by atoms with Gasteiger partial charge in [-0.25, -0.2) is 4.98 Å². The average Bonchev–Trinajstić information content (AvgIpc) is 2.88. The molecule has 2 N–H and O–H groups in total. The Balaban J connectivity index is 2.05. The van der Waals surface area contributed by atoms with Crippen LogP contribution in [0.2, 0.25) is 0 Å². The molecule has 0 bridgehead atoms. The quantitative estimate of drug-likeness (QED) is 0.808. The van der Waals surface area contributed by atoms with Gasteiger partial charge >= 0.3 is 0 Å². The standard InChI is InChI=1S/C9H15N3OS/c1-12(8-2-3-13-5-8)9-11-7(4-10)6-14-9/h6,8H,2-5,10H2,1H3. The van der Waals surface area contributed by atoms with Gasteiger partial charge in [0.1, 0.15) is 0 Å². The van der Waals surface area contributed by atoms with Gasteiger partial charge in [-0.1, -0.05) is 0 Å². The second-order valence-corrected chi connectivity index (χ2v) is 4.29. The highest BCUT2D eigenvalue weighted by molar-refractivity contribution is 7.13. The molecule has 1 aliphatic heterocycles. The Morgan fingerprint density at radius 1 is 1.79 bits per heavy atom. The Morgan fingerprint density at radius 3 is 3.21 bits per heavy atom. The van der Waals surface area contributed by atoms with Gasteiger partial charge in [-0.2, -0.15) is 0 Å². The lowest BCUT2D eigenvalue weighted by atomic mass is 10.2. The summed E-state index contributed by atoms with van der Waals surface area (Å²) in [5.41, 5.74) is 6.49. The van der Waals surface area contributed by atoms with E-state index in [9.17, 15) is 0 Å². The minimum absolute atomic E-state index is 0.478. The minimum atomic E-state index is 0.478. The van der Waals surface area contributed by atoms with Gasteiger partial charge in [0.2, 0.25) is 0 Å². The molecule has 1 aromatic rings. The molecule has 4 nitrogen and oxygen atoms in total. The van der Waals surface area contributed by atoms with Crippen molar-refractivity contribution in [1.29, 1.82) is 0 Å². The molecule has 14 heavy (non-hydrogen) atoms. The lowest BCUT2D eigenvalue weighted by Crippen LogP contribution is -2.31. The minimum Gasteiger partial charge on any atom is -0.379 e. The number of rotatable bonds is 3. The van der Waals surface area contributed by atoms with Crippen LogP contribution in [-0.4, -0.2) is 31.3 Å². The van der Waals surface area contributed by atoms with E-state index in [1.807, 2.05) is 5.38 Å². The number of hydrogen-bond acceptors (Lipinski definition) is 5. The zero-order chi connectivity index (χ0) is 9.97. The maximum Gasteiger partial charge on any atom is 0.185 e. The Labute approximate surface area is 87.7 Å². The third kappa shape index (κ3) is 1.89. The van der Waals surface area contributed by atoms with E-state index in [0.29, 0.717) is 12.6 Å². The first-order chi connectivity index (χ1) is 6.81. The van der Waals surface area contributed by atoms with Crippen LogP contribution in [0.25, 0.3) is 0 Å². The second kappa shape index (κ2) is 4.25. The first-order valence-corrected chi connectivity index (χ1v) is 5.64. The van der Waals surface area contributed by atoms with Crippen molar-refractivity contribution >= 4 is 16.5 Å². The maximum absolute atomic E-state index is 5.52. The largest absolute Gasteiger partial charge is 0.379 e. The van der Waals surface area contributed by atoms with Gasteiger partial charge in [0.25, 0.3) is 0 Å². The third-order valence-electron chi connectivity index (χ3n) is 2.50. The molecule has 0 radical (unpaired) electrons. The number of aromatic nitrogens is 1. The van der Waals surface area contributed by atoms with Crippen molar-refractivity contribution in [2.45, 2.75) is 19.0 Å². The smallest absolute Gasteiger partial charge is 0.185 e. The first kappa shape index (κ1) is 9.89. The lowest BCUT2D eigenvalue weighted by Gasteiger charge is -2.21. The van der Waals surface area contributed by atoms with E-state index in [1.54, 1.807) is 11.3 Å². The van der Waals surface area contributed by atoms with Crippen LogP contribution in [0, 0.1) is 0 Å². The summed E-state index contributed by atoms with van der Waals surface area (Å²) >= 11 is 1.65. The van der Waals surface area contributed by atoms with Crippen molar-refractivity contribution in [1.82, 2.24) is 4.98 Å². The van der Waals surface area contributed by atoms with E-state index in [2.05, 4.69) is 16.9 Å². The van der Waals surface area contributed by atoms with Gasteiger partial charge in [-0.05, 0) is 6.42 Å². The van der Waals surface area contributed by atoms with Crippen LogP contribution < -0.4 is 10.6 Å². The van der Waals surface area contributed by atoms with Crippen LogP contribution in [0.3, 0.4) is 0 Å². The monoisotopic (exact) mass is 213 g/mol. The lowest BCUT2D eigenvalue weighted by molar-refractivity contribution is 0.193. The fourth-order valence-corrected chi connectivity index (χ4v) is 2.41. The highest BCUT2D eigenvalue weighted by Crippen LogP contribution is 2.23. The molecule has 0 aliphatic carbocycles. The number of anilines is 1. The summed E-state index contributed by atoms with van der Waals surface area (Å²) in [5, 5.41) is 3.06. The van der Waals surface area contributed by atoms with Crippen LogP contribution in [-0.2, 0) is 11.3 Å². The summed E-state index contributed by atoms with van der Waals surface area (Å²) in [4.78, 5) is 6.63. The van der Waals surface area contributed by atoms with E-state index < -0.39 is 0 Å². The van der Waals surface area contributed by atoms with Gasteiger partial charge < -0.3 is 15.4 Å². The highest BCUT2D eigenvalue weighted by atomic mass is 32.1. The molecule has 1 fully saturated rings. The zero-order valence-electron chi connectivity index (χ0n) is 8.27. The highest BCUT2D eigenvalue weighted by Gasteiger charge is 2.22. The normalized spacial score (nSPS) is 21.4. The molecule has 1 aromatic heterocycles. The number of thiazole rings is 1. The molecular formula is C9H15N3OS. The molecule has 1 atom stereocenters.